The van der Waals surface area contributed by atoms with Crippen molar-refractivity contribution < 1.29 is 9.53 Å². The van der Waals surface area contributed by atoms with Crippen LogP contribution in [0.25, 0.3) is 0 Å². The summed E-state index contributed by atoms with van der Waals surface area (Å²) in [5.74, 6) is 0.192. The van der Waals surface area contributed by atoms with Gasteiger partial charge in [0.15, 0.2) is 0 Å². The highest BCUT2D eigenvalue weighted by atomic mass is 35.5. The van der Waals surface area contributed by atoms with Crippen LogP contribution < -0.4 is 10.1 Å². The van der Waals surface area contributed by atoms with Crippen LogP contribution in [0.1, 0.15) is 41.0 Å². The molecule has 1 saturated carbocycles. The van der Waals surface area contributed by atoms with E-state index in [1.165, 1.54) is 23.7 Å². The van der Waals surface area contributed by atoms with E-state index in [0.29, 0.717) is 9.21 Å². The van der Waals surface area contributed by atoms with E-state index in [-0.39, 0.29) is 29.6 Å². The average Bonchev–Trinajstić information content (AvgIpc) is 3.04. The Morgan fingerprint density at radius 2 is 2.04 bits per heavy atom. The van der Waals surface area contributed by atoms with Gasteiger partial charge in [0.25, 0.3) is 11.8 Å². The monoisotopic (exact) mass is 362 g/mol. The van der Waals surface area contributed by atoms with Crippen LogP contribution in [0.15, 0.2) is 24.5 Å². The third kappa shape index (κ3) is 4.02. The Labute approximate surface area is 148 Å². The molecule has 2 aromatic rings. The minimum atomic E-state index is -0.0861. The number of nitriles is 1. The fourth-order valence-electron chi connectivity index (χ4n) is 2.66. The van der Waals surface area contributed by atoms with Crippen molar-refractivity contribution in [3.8, 4) is 11.9 Å². The van der Waals surface area contributed by atoms with Gasteiger partial charge in [0.05, 0.1) is 9.21 Å². The molecule has 6 nitrogen and oxygen atoms in total. The van der Waals surface area contributed by atoms with Gasteiger partial charge in [0, 0.05) is 18.4 Å². The number of thiophene rings is 1. The molecule has 0 unspecified atom stereocenters. The van der Waals surface area contributed by atoms with Crippen molar-refractivity contribution in [2.24, 2.45) is 0 Å². The molecule has 0 atom stereocenters. The molecule has 24 heavy (non-hydrogen) atoms. The second kappa shape index (κ2) is 7.60. The third-order valence-corrected chi connectivity index (χ3v) is 5.09. The van der Waals surface area contributed by atoms with E-state index in [0.717, 1.165) is 25.7 Å². The number of carbonyl (C=O) groups excluding carboxylic acids is 1. The molecule has 1 aliphatic rings. The van der Waals surface area contributed by atoms with Crippen LogP contribution in [0.5, 0.6) is 5.88 Å². The van der Waals surface area contributed by atoms with Gasteiger partial charge in [0.2, 0.25) is 5.69 Å². The van der Waals surface area contributed by atoms with Crippen LogP contribution in [-0.2, 0) is 0 Å². The summed E-state index contributed by atoms with van der Waals surface area (Å²) in [6.07, 6.45) is 6.17. The van der Waals surface area contributed by atoms with Gasteiger partial charge in [0.1, 0.15) is 12.2 Å². The van der Waals surface area contributed by atoms with E-state index in [4.69, 9.17) is 21.6 Å². The van der Waals surface area contributed by atoms with Crippen LogP contribution >= 0.6 is 22.9 Å². The maximum atomic E-state index is 12.1. The van der Waals surface area contributed by atoms with Crippen LogP contribution in [0.2, 0.25) is 4.34 Å². The highest BCUT2D eigenvalue weighted by Gasteiger charge is 2.25. The van der Waals surface area contributed by atoms with Gasteiger partial charge < -0.3 is 10.1 Å². The SMILES string of the molecule is N#Cc1nccnc1OC1CCC(NC(=O)c2ccc(Cl)s2)CC1. The van der Waals surface area contributed by atoms with E-state index in [1.54, 1.807) is 12.1 Å². The van der Waals surface area contributed by atoms with Crippen LogP contribution in [-0.4, -0.2) is 28.0 Å². The van der Waals surface area contributed by atoms with Gasteiger partial charge >= 0.3 is 0 Å². The first-order valence-corrected chi connectivity index (χ1v) is 8.79. The number of rotatable bonds is 4. The quantitative estimate of drug-likeness (QED) is 0.902. The lowest BCUT2D eigenvalue weighted by Crippen LogP contribution is -2.39. The molecule has 2 heterocycles. The smallest absolute Gasteiger partial charge is 0.261 e. The highest BCUT2D eigenvalue weighted by Crippen LogP contribution is 2.25. The highest BCUT2D eigenvalue weighted by molar-refractivity contribution is 7.17. The van der Waals surface area contributed by atoms with Crippen molar-refractivity contribution >= 4 is 28.8 Å². The van der Waals surface area contributed by atoms with Crippen LogP contribution in [0.3, 0.4) is 0 Å². The van der Waals surface area contributed by atoms with E-state index in [9.17, 15) is 4.79 Å². The zero-order chi connectivity index (χ0) is 16.9. The summed E-state index contributed by atoms with van der Waals surface area (Å²) < 4.78 is 6.40. The zero-order valence-electron chi connectivity index (χ0n) is 12.7. The number of ether oxygens (including phenoxy) is 1. The van der Waals surface area contributed by atoms with Crippen molar-refractivity contribution in [3.05, 3.63) is 39.4 Å². The molecule has 1 fully saturated rings. The molecule has 0 aliphatic heterocycles. The minimum Gasteiger partial charge on any atom is -0.472 e. The summed E-state index contributed by atoms with van der Waals surface area (Å²) in [5.41, 5.74) is 0.197. The van der Waals surface area contributed by atoms with Crippen LogP contribution in [0.4, 0.5) is 0 Å². The Balaban J connectivity index is 1.51. The minimum absolute atomic E-state index is 0.0156. The van der Waals surface area contributed by atoms with Crippen molar-refractivity contribution in [1.82, 2.24) is 15.3 Å². The lowest BCUT2D eigenvalue weighted by atomic mass is 9.93. The molecule has 0 bridgehead atoms. The number of nitrogens with one attached hydrogen (secondary N) is 1. The Hall–Kier alpha value is -2.17. The number of aromatic nitrogens is 2. The van der Waals surface area contributed by atoms with E-state index in [1.807, 2.05) is 6.07 Å². The number of halogens is 1. The number of hydrogen-bond donors (Lipinski definition) is 1. The summed E-state index contributed by atoms with van der Waals surface area (Å²) in [6, 6.07) is 5.55. The fourth-order valence-corrected chi connectivity index (χ4v) is 3.61. The Morgan fingerprint density at radius 3 is 2.71 bits per heavy atom. The predicted molar refractivity (Wildman–Crippen MR) is 90.2 cm³/mol. The molecule has 0 aromatic carbocycles. The largest absolute Gasteiger partial charge is 0.472 e. The summed E-state index contributed by atoms with van der Waals surface area (Å²) in [5, 5.41) is 12.0. The zero-order valence-corrected chi connectivity index (χ0v) is 14.3. The van der Waals surface area contributed by atoms with E-state index < -0.39 is 0 Å². The number of nitrogens with zero attached hydrogens (tertiary/aromatic N) is 3. The van der Waals surface area contributed by atoms with Gasteiger partial charge in [-0.05, 0) is 37.8 Å². The summed E-state index contributed by atoms with van der Waals surface area (Å²) in [7, 11) is 0. The normalized spacial score (nSPS) is 20.2. The second-order valence-electron chi connectivity index (χ2n) is 5.49. The van der Waals surface area contributed by atoms with E-state index in [2.05, 4.69) is 15.3 Å². The Kier molecular flexibility index (Phi) is 5.28. The molecule has 124 valence electrons. The number of hydrogen-bond acceptors (Lipinski definition) is 6. The van der Waals surface area contributed by atoms with E-state index >= 15 is 0 Å². The molecule has 0 spiro atoms. The first-order chi connectivity index (χ1) is 11.7. The second-order valence-corrected chi connectivity index (χ2v) is 7.21. The van der Waals surface area contributed by atoms with Crippen molar-refractivity contribution in [1.29, 1.82) is 5.26 Å². The standard InChI is InChI=1S/C16H15ClN4O2S/c17-14-6-5-13(24-14)15(22)21-10-1-3-11(4-2-10)23-16-12(9-18)19-7-8-20-16/h5-8,10-11H,1-4H2,(H,21,22). The topological polar surface area (TPSA) is 87.9 Å². The van der Waals surface area contributed by atoms with Gasteiger partial charge in [-0.2, -0.15) is 5.26 Å². The first-order valence-electron chi connectivity index (χ1n) is 7.59. The van der Waals surface area contributed by atoms with Crippen molar-refractivity contribution in [2.45, 2.75) is 37.8 Å². The third-order valence-electron chi connectivity index (χ3n) is 3.86. The fraction of sp³-hybridized carbons (Fsp3) is 0.375. The predicted octanol–water partition coefficient (Wildman–Crippen LogP) is 3.18. The molecular formula is C16H15ClN4O2S. The van der Waals surface area contributed by atoms with Gasteiger partial charge in [-0.15, -0.1) is 11.3 Å². The molecule has 0 saturated heterocycles. The van der Waals surface area contributed by atoms with Gasteiger partial charge in [-0.1, -0.05) is 11.6 Å². The lowest BCUT2D eigenvalue weighted by molar-refractivity contribution is 0.0893. The molecule has 1 aliphatic carbocycles. The molecule has 8 heteroatoms. The van der Waals surface area contributed by atoms with Gasteiger partial charge in [-0.3, -0.25) is 4.79 Å². The van der Waals surface area contributed by atoms with Crippen molar-refractivity contribution in [3.63, 3.8) is 0 Å². The molecule has 1 amide bonds. The summed E-state index contributed by atoms with van der Waals surface area (Å²) >= 11 is 7.13. The molecule has 3 rings (SSSR count). The molecule has 0 radical (unpaired) electrons. The first kappa shape index (κ1) is 16.7. The van der Waals surface area contributed by atoms with Gasteiger partial charge in [-0.25, -0.2) is 9.97 Å². The summed E-state index contributed by atoms with van der Waals surface area (Å²) in [4.78, 5) is 20.8. The lowest BCUT2D eigenvalue weighted by Gasteiger charge is -2.29. The number of carbonyl (C=O) groups is 1. The van der Waals surface area contributed by atoms with Crippen molar-refractivity contribution in [2.75, 3.05) is 0 Å². The number of amides is 1. The Bertz CT molecular complexity index is 765. The Morgan fingerprint density at radius 1 is 1.29 bits per heavy atom. The average molecular weight is 363 g/mol. The maximum Gasteiger partial charge on any atom is 0.261 e. The van der Waals surface area contributed by atoms with Crippen LogP contribution in [0, 0.1) is 11.3 Å². The molecule has 2 aromatic heterocycles. The molecular weight excluding hydrogens is 348 g/mol. The maximum absolute atomic E-state index is 12.1. The summed E-state index contributed by atoms with van der Waals surface area (Å²) in [6.45, 7) is 0. The molecule has 1 N–H and O–H groups in total.